The summed E-state index contributed by atoms with van der Waals surface area (Å²) in [6.45, 7) is 2.06. The van der Waals surface area contributed by atoms with Crippen LogP contribution in [0.5, 0.6) is 0 Å². The quantitative estimate of drug-likeness (QED) is 0.564. The molecule has 1 heterocycles. The fourth-order valence-corrected chi connectivity index (χ4v) is 1.56. The predicted octanol–water partition coefficient (Wildman–Crippen LogP) is 1.65. The highest BCUT2D eigenvalue weighted by molar-refractivity contribution is 7.98. The number of aryl methyl sites for hydroxylation is 1. The topological polar surface area (TPSA) is 34.9 Å². The van der Waals surface area contributed by atoms with Crippen LogP contribution < -0.4 is 5.56 Å². The summed E-state index contributed by atoms with van der Waals surface area (Å²) in [5.41, 5.74) is 0.443. The largest absolute Gasteiger partial charge is 0.283 e. The predicted molar refractivity (Wildman–Crippen MR) is 63.0 cm³/mol. The van der Waals surface area contributed by atoms with E-state index in [4.69, 9.17) is 0 Å². The zero-order valence-corrected chi connectivity index (χ0v) is 10.0. The third kappa shape index (κ3) is 2.87. The van der Waals surface area contributed by atoms with Crippen LogP contribution in [0.15, 0.2) is 15.9 Å². The van der Waals surface area contributed by atoms with Crippen molar-refractivity contribution < 1.29 is 0 Å². The lowest BCUT2D eigenvalue weighted by atomic mass is 10.2. The van der Waals surface area contributed by atoms with Gasteiger partial charge in [0.15, 0.2) is 0 Å². The van der Waals surface area contributed by atoms with Gasteiger partial charge in [0.1, 0.15) is 5.56 Å². The van der Waals surface area contributed by atoms with Crippen LogP contribution in [0.2, 0.25) is 0 Å². The number of hydrogen-bond donors (Lipinski definition) is 0. The zero-order chi connectivity index (χ0) is 11.3. The minimum atomic E-state index is -0.120. The molecule has 0 radical (unpaired) electrons. The van der Waals surface area contributed by atoms with Gasteiger partial charge >= 0.3 is 0 Å². The SMILES string of the molecule is CCCC#Cc1c(SC)cnn(C)c1=O. The molecule has 0 aliphatic rings. The van der Waals surface area contributed by atoms with Crippen molar-refractivity contribution in [2.24, 2.45) is 7.05 Å². The lowest BCUT2D eigenvalue weighted by Gasteiger charge is -2.01. The summed E-state index contributed by atoms with van der Waals surface area (Å²) in [6, 6.07) is 0. The molecule has 0 fully saturated rings. The Labute approximate surface area is 93.9 Å². The average molecular weight is 222 g/mol. The first-order chi connectivity index (χ1) is 7.20. The van der Waals surface area contributed by atoms with Crippen molar-refractivity contribution in [3.63, 3.8) is 0 Å². The number of unbranched alkanes of at least 4 members (excludes halogenated alkanes) is 1. The molecule has 0 aromatic carbocycles. The third-order valence-corrected chi connectivity index (χ3v) is 2.66. The van der Waals surface area contributed by atoms with Crippen molar-refractivity contribution in [2.75, 3.05) is 6.26 Å². The molecule has 3 nitrogen and oxygen atoms in total. The van der Waals surface area contributed by atoms with Gasteiger partial charge in [0.25, 0.3) is 5.56 Å². The van der Waals surface area contributed by atoms with Gasteiger partial charge in [-0.15, -0.1) is 11.8 Å². The molecular weight excluding hydrogens is 208 g/mol. The normalized spacial score (nSPS) is 9.53. The Kier molecular flexibility index (Phi) is 4.44. The number of nitrogens with zero attached hydrogens (tertiary/aromatic N) is 2. The highest BCUT2D eigenvalue weighted by Crippen LogP contribution is 2.14. The van der Waals surface area contributed by atoms with Crippen molar-refractivity contribution in [1.29, 1.82) is 0 Å². The summed E-state index contributed by atoms with van der Waals surface area (Å²) in [4.78, 5) is 12.6. The van der Waals surface area contributed by atoms with Crippen LogP contribution >= 0.6 is 11.8 Å². The van der Waals surface area contributed by atoms with Gasteiger partial charge in [-0.05, 0) is 12.7 Å². The molecule has 15 heavy (non-hydrogen) atoms. The summed E-state index contributed by atoms with van der Waals surface area (Å²) in [7, 11) is 1.64. The van der Waals surface area contributed by atoms with E-state index in [0.717, 1.165) is 17.7 Å². The maximum atomic E-state index is 11.7. The molecule has 0 bridgehead atoms. The Morgan fingerprint density at radius 3 is 2.93 bits per heavy atom. The monoisotopic (exact) mass is 222 g/mol. The number of rotatable bonds is 2. The van der Waals surface area contributed by atoms with Crippen LogP contribution in [-0.4, -0.2) is 16.0 Å². The van der Waals surface area contributed by atoms with Gasteiger partial charge in [0.05, 0.1) is 6.20 Å². The van der Waals surface area contributed by atoms with E-state index < -0.39 is 0 Å². The molecule has 80 valence electrons. The standard InChI is InChI=1S/C11H14N2OS/c1-4-5-6-7-9-10(15-3)8-12-13(2)11(9)14/h8H,4-5H2,1-3H3. The molecule has 0 spiro atoms. The Morgan fingerprint density at radius 2 is 2.33 bits per heavy atom. The van der Waals surface area contributed by atoms with E-state index in [-0.39, 0.29) is 5.56 Å². The highest BCUT2D eigenvalue weighted by atomic mass is 32.2. The maximum absolute atomic E-state index is 11.7. The third-order valence-electron chi connectivity index (χ3n) is 1.91. The van der Waals surface area contributed by atoms with Gasteiger partial charge in [0.2, 0.25) is 0 Å². The summed E-state index contributed by atoms with van der Waals surface area (Å²) >= 11 is 1.50. The summed E-state index contributed by atoms with van der Waals surface area (Å²) in [6.07, 6.45) is 5.43. The fraction of sp³-hybridized carbons (Fsp3) is 0.455. The van der Waals surface area contributed by atoms with Gasteiger partial charge in [-0.3, -0.25) is 4.79 Å². The molecule has 0 unspecified atom stereocenters. The molecular formula is C11H14N2OS. The first-order valence-corrected chi connectivity index (χ1v) is 6.02. The second kappa shape index (κ2) is 5.62. The van der Waals surface area contributed by atoms with Crippen molar-refractivity contribution >= 4 is 11.8 Å². The summed E-state index contributed by atoms with van der Waals surface area (Å²) in [5, 5.41) is 3.95. The van der Waals surface area contributed by atoms with Gasteiger partial charge < -0.3 is 0 Å². The first kappa shape index (κ1) is 11.9. The minimum absolute atomic E-state index is 0.120. The molecule has 0 saturated carbocycles. The molecule has 0 aliphatic heterocycles. The highest BCUT2D eigenvalue weighted by Gasteiger charge is 2.05. The molecule has 1 aromatic rings. The van der Waals surface area contributed by atoms with Crippen LogP contribution in [-0.2, 0) is 7.05 Å². The fourth-order valence-electron chi connectivity index (χ4n) is 1.07. The molecule has 0 saturated heterocycles. The van der Waals surface area contributed by atoms with E-state index in [1.165, 1.54) is 16.4 Å². The van der Waals surface area contributed by atoms with E-state index in [2.05, 4.69) is 23.9 Å². The summed E-state index contributed by atoms with van der Waals surface area (Å²) < 4.78 is 1.32. The van der Waals surface area contributed by atoms with E-state index >= 15 is 0 Å². The molecule has 0 atom stereocenters. The van der Waals surface area contributed by atoms with Crippen LogP contribution in [0, 0.1) is 11.8 Å². The van der Waals surface area contributed by atoms with Crippen molar-refractivity contribution in [1.82, 2.24) is 9.78 Å². The molecule has 4 heteroatoms. The Balaban J connectivity index is 3.20. The molecule has 1 rings (SSSR count). The lowest BCUT2D eigenvalue weighted by Crippen LogP contribution is -2.22. The van der Waals surface area contributed by atoms with Gasteiger partial charge in [-0.2, -0.15) is 5.10 Å². The molecule has 1 aromatic heterocycles. The van der Waals surface area contributed by atoms with E-state index in [9.17, 15) is 4.79 Å². The van der Waals surface area contributed by atoms with Gasteiger partial charge in [-0.25, -0.2) is 4.68 Å². The smallest absolute Gasteiger partial charge is 0.266 e. The van der Waals surface area contributed by atoms with Gasteiger partial charge in [0, 0.05) is 18.4 Å². The molecule has 0 amide bonds. The average Bonchev–Trinajstić information content (AvgIpc) is 2.25. The second-order valence-electron chi connectivity index (χ2n) is 3.07. The molecule has 0 aliphatic carbocycles. The maximum Gasteiger partial charge on any atom is 0.283 e. The van der Waals surface area contributed by atoms with Crippen molar-refractivity contribution in [2.45, 2.75) is 24.7 Å². The van der Waals surface area contributed by atoms with Crippen LogP contribution in [0.1, 0.15) is 25.3 Å². The number of aromatic nitrogens is 2. The van der Waals surface area contributed by atoms with Crippen LogP contribution in [0.25, 0.3) is 0 Å². The van der Waals surface area contributed by atoms with Crippen molar-refractivity contribution in [3.8, 4) is 11.8 Å². The van der Waals surface area contributed by atoms with E-state index in [1.807, 2.05) is 6.26 Å². The Hall–Kier alpha value is -1.21. The first-order valence-electron chi connectivity index (χ1n) is 4.79. The minimum Gasteiger partial charge on any atom is -0.266 e. The van der Waals surface area contributed by atoms with Gasteiger partial charge in [-0.1, -0.05) is 18.8 Å². The number of thioether (sulfide) groups is 1. The lowest BCUT2D eigenvalue weighted by molar-refractivity contribution is 0.693. The van der Waals surface area contributed by atoms with Crippen molar-refractivity contribution in [3.05, 3.63) is 22.1 Å². The van der Waals surface area contributed by atoms with E-state index in [0.29, 0.717) is 5.56 Å². The Bertz CT molecular complexity index is 454. The van der Waals surface area contributed by atoms with Crippen LogP contribution in [0.3, 0.4) is 0 Å². The van der Waals surface area contributed by atoms with Crippen LogP contribution in [0.4, 0.5) is 0 Å². The molecule has 0 N–H and O–H groups in total. The number of hydrogen-bond acceptors (Lipinski definition) is 3. The Morgan fingerprint density at radius 1 is 1.60 bits per heavy atom. The second-order valence-corrected chi connectivity index (χ2v) is 3.92. The van der Waals surface area contributed by atoms with E-state index in [1.54, 1.807) is 13.2 Å². The zero-order valence-electron chi connectivity index (χ0n) is 9.20. The summed E-state index contributed by atoms with van der Waals surface area (Å²) in [5.74, 6) is 5.92.